The Kier molecular flexibility index (Phi) is 4.29. The number of nitrogens with zero attached hydrogens (tertiary/aromatic N) is 2. The third-order valence-electron chi connectivity index (χ3n) is 3.24. The molecule has 3 rings (SSSR count). The lowest BCUT2D eigenvalue weighted by Gasteiger charge is -2.03. The third-order valence-corrected chi connectivity index (χ3v) is 3.24. The van der Waals surface area contributed by atoms with E-state index in [-0.39, 0.29) is 5.56 Å². The van der Waals surface area contributed by atoms with Gasteiger partial charge < -0.3 is 0 Å². The first-order valence-corrected chi connectivity index (χ1v) is 7.23. The number of hydrazone groups is 1. The fraction of sp³-hybridized carbons (Fsp3) is 0.0556. The van der Waals surface area contributed by atoms with E-state index in [1.165, 1.54) is 6.07 Å². The van der Waals surface area contributed by atoms with Crippen LogP contribution in [0, 0.1) is 6.92 Å². The Hall–Kier alpha value is -3.21. The first-order valence-electron chi connectivity index (χ1n) is 7.23. The Balaban J connectivity index is 1.81. The second kappa shape index (κ2) is 6.70. The van der Waals surface area contributed by atoms with Gasteiger partial charge in [0, 0.05) is 11.6 Å². The van der Waals surface area contributed by atoms with Crippen molar-refractivity contribution < 1.29 is 0 Å². The van der Waals surface area contributed by atoms with Gasteiger partial charge in [0.25, 0.3) is 5.56 Å². The van der Waals surface area contributed by atoms with E-state index in [1.807, 2.05) is 61.5 Å². The molecule has 2 N–H and O–H groups in total. The topological polar surface area (TPSA) is 70.1 Å². The average molecular weight is 304 g/mol. The lowest BCUT2D eigenvalue weighted by Crippen LogP contribution is -2.10. The summed E-state index contributed by atoms with van der Waals surface area (Å²) in [4.78, 5) is 18.8. The highest BCUT2D eigenvalue weighted by atomic mass is 16.1. The van der Waals surface area contributed by atoms with Crippen molar-refractivity contribution in [3.63, 3.8) is 0 Å². The molecule has 114 valence electrons. The van der Waals surface area contributed by atoms with Crippen LogP contribution in [0.2, 0.25) is 0 Å². The van der Waals surface area contributed by atoms with Crippen molar-refractivity contribution in [1.82, 2.24) is 9.97 Å². The Bertz CT molecular complexity index is 885. The van der Waals surface area contributed by atoms with Crippen molar-refractivity contribution >= 4 is 12.2 Å². The van der Waals surface area contributed by atoms with Gasteiger partial charge >= 0.3 is 0 Å². The van der Waals surface area contributed by atoms with Gasteiger partial charge in [-0.2, -0.15) is 5.10 Å². The molecule has 0 bridgehead atoms. The summed E-state index contributed by atoms with van der Waals surface area (Å²) in [5, 5.41) is 4.12. The summed E-state index contributed by atoms with van der Waals surface area (Å²) in [7, 11) is 0. The Labute approximate surface area is 133 Å². The summed E-state index contributed by atoms with van der Waals surface area (Å²) in [6.45, 7) is 2.02. The number of anilines is 1. The normalized spacial score (nSPS) is 10.8. The zero-order valence-electron chi connectivity index (χ0n) is 12.7. The molecule has 2 aromatic carbocycles. The molecular weight excluding hydrogens is 288 g/mol. The summed E-state index contributed by atoms with van der Waals surface area (Å²) in [6, 6.07) is 19.0. The summed E-state index contributed by atoms with van der Waals surface area (Å²) < 4.78 is 0. The molecular formula is C18H16N4O. The van der Waals surface area contributed by atoms with Crippen LogP contribution in [0.15, 0.2) is 70.6 Å². The third kappa shape index (κ3) is 3.91. The molecule has 0 saturated carbocycles. The minimum atomic E-state index is -0.230. The number of benzene rings is 2. The summed E-state index contributed by atoms with van der Waals surface area (Å²) in [5.41, 5.74) is 6.15. The zero-order valence-corrected chi connectivity index (χ0v) is 12.7. The largest absolute Gasteiger partial charge is 0.291 e. The smallest absolute Gasteiger partial charge is 0.252 e. The lowest BCUT2D eigenvalue weighted by atomic mass is 10.1. The van der Waals surface area contributed by atoms with Crippen LogP contribution < -0.4 is 11.0 Å². The van der Waals surface area contributed by atoms with Crippen molar-refractivity contribution in [3.8, 4) is 11.3 Å². The van der Waals surface area contributed by atoms with Gasteiger partial charge in [0.2, 0.25) is 5.95 Å². The number of aryl methyl sites for hydroxylation is 1. The predicted molar refractivity (Wildman–Crippen MR) is 92.7 cm³/mol. The van der Waals surface area contributed by atoms with Crippen LogP contribution in [-0.4, -0.2) is 16.2 Å². The molecule has 3 aromatic rings. The fourth-order valence-corrected chi connectivity index (χ4v) is 2.19. The molecule has 0 aliphatic rings. The molecule has 23 heavy (non-hydrogen) atoms. The van der Waals surface area contributed by atoms with Gasteiger partial charge in [-0.15, -0.1) is 0 Å². The van der Waals surface area contributed by atoms with Crippen LogP contribution in [0.25, 0.3) is 11.3 Å². The number of H-pyrrole nitrogens is 1. The van der Waals surface area contributed by atoms with Gasteiger partial charge in [-0.3, -0.25) is 9.78 Å². The van der Waals surface area contributed by atoms with Crippen molar-refractivity contribution in [2.45, 2.75) is 6.92 Å². The predicted octanol–water partition coefficient (Wildman–Crippen LogP) is 3.19. The molecule has 5 nitrogen and oxygen atoms in total. The molecule has 0 amide bonds. The van der Waals surface area contributed by atoms with E-state index in [0.717, 1.165) is 16.7 Å². The minimum absolute atomic E-state index is 0.230. The Morgan fingerprint density at radius 2 is 1.91 bits per heavy atom. The number of rotatable bonds is 4. The Morgan fingerprint density at radius 3 is 2.70 bits per heavy atom. The monoisotopic (exact) mass is 304 g/mol. The molecule has 5 heteroatoms. The van der Waals surface area contributed by atoms with Crippen LogP contribution >= 0.6 is 0 Å². The van der Waals surface area contributed by atoms with E-state index in [2.05, 4.69) is 20.5 Å². The number of hydrogen-bond acceptors (Lipinski definition) is 4. The molecule has 0 aliphatic heterocycles. The van der Waals surface area contributed by atoms with Crippen LogP contribution in [-0.2, 0) is 0 Å². The summed E-state index contributed by atoms with van der Waals surface area (Å²) >= 11 is 0. The Morgan fingerprint density at radius 1 is 1.09 bits per heavy atom. The first kappa shape index (κ1) is 14.7. The average Bonchev–Trinajstić information content (AvgIpc) is 2.55. The van der Waals surface area contributed by atoms with Gasteiger partial charge in [-0.1, -0.05) is 60.2 Å². The molecule has 0 aliphatic carbocycles. The molecule has 0 spiro atoms. The fourth-order valence-electron chi connectivity index (χ4n) is 2.19. The van der Waals surface area contributed by atoms with Gasteiger partial charge in [0.1, 0.15) is 0 Å². The van der Waals surface area contributed by atoms with E-state index < -0.39 is 0 Å². The van der Waals surface area contributed by atoms with Gasteiger partial charge in [-0.05, 0) is 12.5 Å². The van der Waals surface area contributed by atoms with Crippen LogP contribution in [0.5, 0.6) is 0 Å². The van der Waals surface area contributed by atoms with E-state index in [1.54, 1.807) is 6.21 Å². The molecule has 1 heterocycles. The van der Waals surface area contributed by atoms with Crippen molar-refractivity contribution in [3.05, 3.63) is 82.1 Å². The van der Waals surface area contributed by atoms with E-state index in [9.17, 15) is 4.79 Å². The SMILES string of the molecule is Cc1cccc(/C=N/Nc2nc(-c3ccccc3)cc(=O)[nH]2)c1. The maximum atomic E-state index is 11.8. The molecule has 0 saturated heterocycles. The quantitative estimate of drug-likeness (QED) is 0.574. The second-order valence-electron chi connectivity index (χ2n) is 5.13. The van der Waals surface area contributed by atoms with E-state index >= 15 is 0 Å². The summed E-state index contributed by atoms with van der Waals surface area (Å²) in [6.07, 6.45) is 1.68. The molecule has 1 aromatic heterocycles. The van der Waals surface area contributed by atoms with E-state index in [0.29, 0.717) is 11.6 Å². The second-order valence-corrected chi connectivity index (χ2v) is 5.13. The summed E-state index contributed by atoms with van der Waals surface area (Å²) in [5.74, 6) is 0.306. The number of hydrogen-bond donors (Lipinski definition) is 2. The van der Waals surface area contributed by atoms with Gasteiger partial charge in [-0.25, -0.2) is 10.4 Å². The lowest BCUT2D eigenvalue weighted by molar-refractivity contribution is 1.09. The van der Waals surface area contributed by atoms with Crippen molar-refractivity contribution in [1.29, 1.82) is 0 Å². The van der Waals surface area contributed by atoms with Gasteiger partial charge in [0.05, 0.1) is 11.9 Å². The first-order chi connectivity index (χ1) is 11.2. The highest BCUT2D eigenvalue weighted by Gasteiger charge is 2.02. The maximum Gasteiger partial charge on any atom is 0.252 e. The van der Waals surface area contributed by atoms with Crippen LogP contribution in [0.4, 0.5) is 5.95 Å². The van der Waals surface area contributed by atoms with Crippen molar-refractivity contribution in [2.75, 3.05) is 5.43 Å². The molecule has 0 unspecified atom stereocenters. The van der Waals surface area contributed by atoms with Crippen molar-refractivity contribution in [2.24, 2.45) is 5.10 Å². The highest BCUT2D eigenvalue weighted by molar-refractivity contribution is 5.80. The number of aromatic amines is 1. The van der Waals surface area contributed by atoms with Gasteiger partial charge in [0.15, 0.2) is 0 Å². The zero-order chi connectivity index (χ0) is 16.1. The standard InChI is InChI=1S/C18H16N4O/c1-13-6-5-7-14(10-13)12-19-22-18-20-16(11-17(23)21-18)15-8-3-2-4-9-15/h2-12H,1H3,(H2,20,21,22,23)/b19-12+. The maximum absolute atomic E-state index is 11.8. The molecule has 0 atom stereocenters. The van der Waals surface area contributed by atoms with E-state index in [4.69, 9.17) is 0 Å². The molecule has 0 radical (unpaired) electrons. The minimum Gasteiger partial charge on any atom is -0.291 e. The number of nitrogens with one attached hydrogen (secondary N) is 2. The molecule has 0 fully saturated rings. The number of aromatic nitrogens is 2. The van der Waals surface area contributed by atoms with Crippen LogP contribution in [0.1, 0.15) is 11.1 Å². The van der Waals surface area contributed by atoms with Crippen LogP contribution in [0.3, 0.4) is 0 Å². The highest BCUT2D eigenvalue weighted by Crippen LogP contribution is 2.15.